The fourth-order valence-corrected chi connectivity index (χ4v) is 0.797. The summed E-state index contributed by atoms with van der Waals surface area (Å²) in [6.07, 6.45) is 6.26. The van der Waals surface area contributed by atoms with Crippen LogP contribution in [0.2, 0.25) is 0 Å². The molecule has 0 saturated heterocycles. The van der Waals surface area contributed by atoms with Crippen molar-refractivity contribution in [2.75, 3.05) is 6.54 Å². The van der Waals surface area contributed by atoms with Crippen molar-refractivity contribution in [3.63, 3.8) is 0 Å². The van der Waals surface area contributed by atoms with Crippen LogP contribution in [-0.2, 0) is 0 Å². The predicted octanol–water partition coefficient (Wildman–Crippen LogP) is 1.12. The summed E-state index contributed by atoms with van der Waals surface area (Å²) in [7, 11) is 0. The lowest BCUT2D eigenvalue weighted by Gasteiger charge is -2.09. The van der Waals surface area contributed by atoms with Gasteiger partial charge in [-0.15, -0.1) is 6.58 Å². The van der Waals surface area contributed by atoms with E-state index in [1.165, 1.54) is 12.8 Å². The maximum atomic E-state index is 8.50. The van der Waals surface area contributed by atoms with Crippen LogP contribution >= 0.6 is 0 Å². The SMILES string of the molecule is C=CCN(C#N)C1CC1. The van der Waals surface area contributed by atoms with E-state index < -0.39 is 0 Å². The van der Waals surface area contributed by atoms with Gasteiger partial charge in [-0.2, -0.15) is 5.26 Å². The average molecular weight is 122 g/mol. The van der Waals surface area contributed by atoms with Gasteiger partial charge in [0.2, 0.25) is 0 Å². The second-order valence-corrected chi connectivity index (χ2v) is 2.27. The van der Waals surface area contributed by atoms with Crippen molar-refractivity contribution < 1.29 is 0 Å². The molecule has 1 rings (SSSR count). The molecule has 9 heavy (non-hydrogen) atoms. The lowest BCUT2D eigenvalue weighted by atomic mass is 10.5. The Hall–Kier alpha value is -0.970. The van der Waals surface area contributed by atoms with E-state index in [4.69, 9.17) is 5.26 Å². The van der Waals surface area contributed by atoms with Crippen LogP contribution in [0.3, 0.4) is 0 Å². The Labute approximate surface area is 55.4 Å². The zero-order valence-electron chi connectivity index (χ0n) is 5.38. The van der Waals surface area contributed by atoms with Gasteiger partial charge in [0.05, 0.1) is 0 Å². The molecule has 2 nitrogen and oxygen atoms in total. The second-order valence-electron chi connectivity index (χ2n) is 2.27. The molecule has 2 heteroatoms. The molecule has 0 radical (unpaired) electrons. The van der Waals surface area contributed by atoms with Crippen molar-refractivity contribution in [1.82, 2.24) is 4.90 Å². The normalized spacial score (nSPS) is 16.3. The number of rotatable bonds is 3. The van der Waals surface area contributed by atoms with E-state index in [1.54, 1.807) is 11.0 Å². The van der Waals surface area contributed by atoms with Crippen molar-refractivity contribution >= 4 is 0 Å². The van der Waals surface area contributed by atoms with Gasteiger partial charge in [0, 0.05) is 12.6 Å². The van der Waals surface area contributed by atoms with Gasteiger partial charge in [-0.3, -0.25) is 0 Å². The third-order valence-electron chi connectivity index (χ3n) is 1.44. The Bertz CT molecular complexity index is 141. The van der Waals surface area contributed by atoms with Crippen LogP contribution in [0.15, 0.2) is 12.7 Å². The first-order valence-corrected chi connectivity index (χ1v) is 3.15. The summed E-state index contributed by atoms with van der Waals surface area (Å²) >= 11 is 0. The number of hydrogen-bond acceptors (Lipinski definition) is 2. The highest BCUT2D eigenvalue weighted by Crippen LogP contribution is 2.25. The Morgan fingerprint density at radius 2 is 2.44 bits per heavy atom. The zero-order valence-corrected chi connectivity index (χ0v) is 5.38. The van der Waals surface area contributed by atoms with Gasteiger partial charge in [0.15, 0.2) is 6.19 Å². The molecule has 0 aromatic rings. The minimum absolute atomic E-state index is 0.535. The maximum absolute atomic E-state index is 8.50. The van der Waals surface area contributed by atoms with Crippen LogP contribution in [0.4, 0.5) is 0 Å². The van der Waals surface area contributed by atoms with E-state index >= 15 is 0 Å². The molecular weight excluding hydrogens is 112 g/mol. The molecule has 0 amide bonds. The van der Waals surface area contributed by atoms with Gasteiger partial charge < -0.3 is 4.90 Å². The van der Waals surface area contributed by atoms with Gasteiger partial charge in [-0.25, -0.2) is 0 Å². The molecule has 0 N–H and O–H groups in total. The molecule has 0 aliphatic heterocycles. The largest absolute Gasteiger partial charge is 0.304 e. The summed E-state index contributed by atoms with van der Waals surface area (Å²) in [5.41, 5.74) is 0. The molecule has 48 valence electrons. The minimum Gasteiger partial charge on any atom is -0.304 e. The molecule has 0 unspecified atom stereocenters. The van der Waals surface area contributed by atoms with E-state index in [2.05, 4.69) is 12.8 Å². The Morgan fingerprint density at radius 1 is 1.78 bits per heavy atom. The lowest BCUT2D eigenvalue weighted by molar-refractivity contribution is 0.423. The van der Waals surface area contributed by atoms with Crippen LogP contribution in [-0.4, -0.2) is 17.5 Å². The first-order valence-electron chi connectivity index (χ1n) is 3.15. The molecule has 1 aliphatic carbocycles. The predicted molar refractivity (Wildman–Crippen MR) is 35.5 cm³/mol. The third kappa shape index (κ3) is 1.46. The van der Waals surface area contributed by atoms with Crippen molar-refractivity contribution in [3.8, 4) is 6.19 Å². The van der Waals surface area contributed by atoms with Gasteiger partial charge in [0.1, 0.15) is 0 Å². The molecule has 1 fully saturated rings. The fraction of sp³-hybridized carbons (Fsp3) is 0.571. The van der Waals surface area contributed by atoms with Crippen molar-refractivity contribution in [3.05, 3.63) is 12.7 Å². The zero-order chi connectivity index (χ0) is 6.69. The summed E-state index contributed by atoms with van der Waals surface area (Å²) in [6, 6.07) is 0.535. The van der Waals surface area contributed by atoms with Crippen LogP contribution < -0.4 is 0 Å². The topological polar surface area (TPSA) is 27.0 Å². The monoisotopic (exact) mass is 122 g/mol. The molecule has 0 aromatic heterocycles. The number of nitrogens with zero attached hydrogens (tertiary/aromatic N) is 2. The molecule has 1 saturated carbocycles. The van der Waals surface area contributed by atoms with Gasteiger partial charge in [-0.1, -0.05) is 6.08 Å². The summed E-state index contributed by atoms with van der Waals surface area (Å²) in [6.45, 7) is 4.28. The Balaban J connectivity index is 2.30. The van der Waals surface area contributed by atoms with Gasteiger partial charge in [-0.05, 0) is 12.8 Å². The molecule has 0 heterocycles. The highest BCUT2D eigenvalue weighted by molar-refractivity contribution is 4.94. The summed E-state index contributed by atoms with van der Waals surface area (Å²) in [4.78, 5) is 1.77. The summed E-state index contributed by atoms with van der Waals surface area (Å²) < 4.78 is 0. The fourth-order valence-electron chi connectivity index (χ4n) is 0.797. The summed E-state index contributed by atoms with van der Waals surface area (Å²) in [5, 5.41) is 8.50. The van der Waals surface area contributed by atoms with E-state index in [-0.39, 0.29) is 0 Å². The third-order valence-corrected chi connectivity index (χ3v) is 1.44. The Kier molecular flexibility index (Phi) is 1.74. The number of hydrogen-bond donors (Lipinski definition) is 0. The Morgan fingerprint density at radius 3 is 2.78 bits per heavy atom. The highest BCUT2D eigenvalue weighted by atomic mass is 15.2. The maximum Gasteiger partial charge on any atom is 0.179 e. The van der Waals surface area contributed by atoms with E-state index in [0.29, 0.717) is 12.6 Å². The van der Waals surface area contributed by atoms with Crippen molar-refractivity contribution in [2.24, 2.45) is 0 Å². The van der Waals surface area contributed by atoms with E-state index in [9.17, 15) is 0 Å². The molecule has 0 spiro atoms. The average Bonchev–Trinajstić information content (AvgIpc) is 2.64. The van der Waals surface area contributed by atoms with Crippen LogP contribution in [0.5, 0.6) is 0 Å². The highest BCUT2D eigenvalue weighted by Gasteiger charge is 2.27. The molecule has 0 atom stereocenters. The standard InChI is InChI=1S/C7H10N2/c1-2-5-9(6-8)7-3-4-7/h2,7H,1,3-5H2. The lowest BCUT2D eigenvalue weighted by Crippen LogP contribution is -2.19. The molecule has 0 aromatic carbocycles. The smallest absolute Gasteiger partial charge is 0.179 e. The van der Waals surface area contributed by atoms with E-state index in [0.717, 1.165) is 0 Å². The van der Waals surface area contributed by atoms with E-state index in [1.807, 2.05) is 0 Å². The van der Waals surface area contributed by atoms with Crippen molar-refractivity contribution in [2.45, 2.75) is 18.9 Å². The van der Waals surface area contributed by atoms with Crippen molar-refractivity contribution in [1.29, 1.82) is 5.26 Å². The van der Waals surface area contributed by atoms with Crippen LogP contribution in [0.25, 0.3) is 0 Å². The minimum atomic E-state index is 0.535. The molecular formula is C7H10N2. The quantitative estimate of drug-likeness (QED) is 0.318. The van der Waals surface area contributed by atoms with Gasteiger partial charge in [0.25, 0.3) is 0 Å². The number of nitriles is 1. The van der Waals surface area contributed by atoms with Crippen LogP contribution in [0, 0.1) is 11.5 Å². The van der Waals surface area contributed by atoms with Gasteiger partial charge >= 0.3 is 0 Å². The second kappa shape index (κ2) is 2.54. The van der Waals surface area contributed by atoms with Crippen LogP contribution in [0.1, 0.15) is 12.8 Å². The molecule has 1 aliphatic rings. The summed E-state index contributed by atoms with van der Waals surface area (Å²) in [5.74, 6) is 0. The first-order chi connectivity index (χ1) is 4.38. The first kappa shape index (κ1) is 6.15. The molecule has 0 bridgehead atoms.